The van der Waals surface area contributed by atoms with E-state index in [1.807, 2.05) is 0 Å². The van der Waals surface area contributed by atoms with Gasteiger partial charge in [0.15, 0.2) is 6.10 Å². The number of alkyl halides is 3. The number of carbonyl (C=O) groups excluding carboxylic acids is 1. The second-order valence-corrected chi connectivity index (χ2v) is 3.55. The van der Waals surface area contributed by atoms with Crippen molar-refractivity contribution in [1.82, 2.24) is 5.32 Å². The van der Waals surface area contributed by atoms with Crippen LogP contribution in [0.15, 0.2) is 0 Å². The van der Waals surface area contributed by atoms with E-state index >= 15 is 0 Å². The van der Waals surface area contributed by atoms with Crippen LogP contribution in [0.2, 0.25) is 0 Å². The molecule has 0 aliphatic carbocycles. The van der Waals surface area contributed by atoms with Gasteiger partial charge in [0.1, 0.15) is 5.54 Å². The van der Waals surface area contributed by atoms with Gasteiger partial charge in [0, 0.05) is 13.0 Å². The van der Waals surface area contributed by atoms with Crippen molar-refractivity contribution in [1.29, 1.82) is 0 Å². The van der Waals surface area contributed by atoms with Crippen molar-refractivity contribution in [2.75, 3.05) is 13.7 Å². The third-order valence-corrected chi connectivity index (χ3v) is 2.70. The largest absolute Gasteiger partial charge is 0.414 e. The van der Waals surface area contributed by atoms with E-state index in [1.54, 1.807) is 0 Å². The van der Waals surface area contributed by atoms with Crippen molar-refractivity contribution in [3.05, 3.63) is 0 Å². The van der Waals surface area contributed by atoms with E-state index in [0.29, 0.717) is 0 Å². The molecular weight excluding hydrogens is 213 g/mol. The molecule has 0 aromatic rings. The number of rotatable bonds is 2. The number of carbonyl (C=O) groups is 1. The first-order valence-corrected chi connectivity index (χ1v) is 4.49. The molecule has 0 aromatic carbocycles. The third-order valence-electron chi connectivity index (χ3n) is 2.70. The maximum atomic E-state index is 12.4. The average molecular weight is 226 g/mol. The summed E-state index contributed by atoms with van der Waals surface area (Å²) in [5.41, 5.74) is 3.79. The Morgan fingerprint density at radius 2 is 2.20 bits per heavy atom. The second-order valence-electron chi connectivity index (χ2n) is 3.55. The lowest BCUT2D eigenvalue weighted by molar-refractivity contribution is -0.237. The highest BCUT2D eigenvalue weighted by molar-refractivity contribution is 5.84. The minimum Gasteiger partial charge on any atom is -0.369 e. The Bertz CT molecular complexity index is 257. The smallest absolute Gasteiger partial charge is 0.369 e. The van der Waals surface area contributed by atoms with Crippen molar-refractivity contribution < 1.29 is 22.7 Å². The molecule has 0 saturated carbocycles. The van der Waals surface area contributed by atoms with Crippen LogP contribution in [0.5, 0.6) is 0 Å². The van der Waals surface area contributed by atoms with Gasteiger partial charge in [-0.3, -0.25) is 4.79 Å². The Hall–Kier alpha value is -0.820. The number of likely N-dealkylation sites (N-methyl/N-ethyl adjacent to an activating group) is 1. The van der Waals surface area contributed by atoms with E-state index in [2.05, 4.69) is 10.1 Å². The molecule has 1 rings (SSSR count). The summed E-state index contributed by atoms with van der Waals surface area (Å²) >= 11 is 0. The fraction of sp³-hybridized carbons (Fsp3) is 0.875. The highest BCUT2D eigenvalue weighted by Gasteiger charge is 2.50. The fourth-order valence-electron chi connectivity index (χ4n) is 1.64. The fourth-order valence-corrected chi connectivity index (χ4v) is 1.64. The molecule has 1 saturated heterocycles. The summed E-state index contributed by atoms with van der Waals surface area (Å²) < 4.78 is 41.7. The van der Waals surface area contributed by atoms with Crippen LogP contribution in [-0.4, -0.2) is 37.4 Å². The van der Waals surface area contributed by atoms with Crippen LogP contribution in [0.1, 0.15) is 12.8 Å². The third kappa shape index (κ3) is 2.40. The first-order chi connectivity index (χ1) is 6.82. The molecule has 1 heterocycles. The van der Waals surface area contributed by atoms with Gasteiger partial charge in [-0.25, -0.2) is 0 Å². The first-order valence-electron chi connectivity index (χ1n) is 4.49. The molecule has 1 fully saturated rings. The van der Waals surface area contributed by atoms with Crippen molar-refractivity contribution in [3.63, 3.8) is 0 Å². The monoisotopic (exact) mass is 226 g/mol. The van der Waals surface area contributed by atoms with E-state index in [-0.39, 0.29) is 13.0 Å². The molecule has 4 nitrogen and oxygen atoms in total. The molecule has 3 N–H and O–H groups in total. The minimum atomic E-state index is -4.46. The second kappa shape index (κ2) is 3.97. The topological polar surface area (TPSA) is 64.3 Å². The van der Waals surface area contributed by atoms with Gasteiger partial charge >= 0.3 is 6.18 Å². The van der Waals surface area contributed by atoms with Crippen LogP contribution in [0.25, 0.3) is 0 Å². The number of halogens is 3. The maximum Gasteiger partial charge on any atom is 0.414 e. The van der Waals surface area contributed by atoms with Crippen molar-refractivity contribution in [3.8, 4) is 0 Å². The van der Waals surface area contributed by atoms with Gasteiger partial charge in [-0.05, 0) is 13.5 Å². The number of primary amides is 1. The SMILES string of the molecule is CNC1(C(N)=O)CCOC(C(F)(F)F)C1. The van der Waals surface area contributed by atoms with E-state index in [1.165, 1.54) is 7.05 Å². The zero-order valence-electron chi connectivity index (χ0n) is 8.23. The highest BCUT2D eigenvalue weighted by Crippen LogP contribution is 2.34. The summed E-state index contributed by atoms with van der Waals surface area (Å²) in [5, 5.41) is 2.56. The molecule has 1 aliphatic rings. The molecule has 0 bridgehead atoms. The van der Waals surface area contributed by atoms with Crippen LogP contribution >= 0.6 is 0 Å². The Balaban J connectivity index is 2.82. The van der Waals surface area contributed by atoms with E-state index in [9.17, 15) is 18.0 Å². The molecule has 88 valence electrons. The summed E-state index contributed by atoms with van der Waals surface area (Å²) in [6, 6.07) is 0. The molecule has 15 heavy (non-hydrogen) atoms. The molecule has 0 radical (unpaired) electrons. The van der Waals surface area contributed by atoms with Gasteiger partial charge in [0.2, 0.25) is 5.91 Å². The van der Waals surface area contributed by atoms with Crippen LogP contribution < -0.4 is 11.1 Å². The summed E-state index contributed by atoms with van der Waals surface area (Å²) in [4.78, 5) is 11.1. The highest BCUT2D eigenvalue weighted by atomic mass is 19.4. The number of nitrogens with one attached hydrogen (secondary N) is 1. The quantitative estimate of drug-likeness (QED) is 0.705. The lowest BCUT2D eigenvalue weighted by Crippen LogP contribution is -2.60. The molecule has 2 unspecified atom stereocenters. The van der Waals surface area contributed by atoms with Crippen LogP contribution in [-0.2, 0) is 9.53 Å². The van der Waals surface area contributed by atoms with Gasteiger partial charge < -0.3 is 15.8 Å². The molecule has 0 spiro atoms. The number of hydrogen-bond donors (Lipinski definition) is 2. The summed E-state index contributed by atoms with van der Waals surface area (Å²) in [5.74, 6) is -0.775. The van der Waals surface area contributed by atoms with Crippen molar-refractivity contribution in [2.45, 2.75) is 30.7 Å². The predicted molar refractivity (Wildman–Crippen MR) is 46.0 cm³/mol. The standard InChI is InChI=1S/C8H13F3N2O2/c1-13-7(6(12)14)2-3-15-5(4-7)8(9,10)11/h5,13H,2-4H2,1H3,(H2,12,14). The van der Waals surface area contributed by atoms with E-state index in [0.717, 1.165) is 0 Å². The Labute approximate surface area is 84.9 Å². The number of nitrogens with two attached hydrogens (primary N) is 1. The summed E-state index contributed by atoms with van der Waals surface area (Å²) in [6.45, 7) is -0.131. The predicted octanol–water partition coefficient (Wildman–Crippen LogP) is 0.171. The lowest BCUT2D eigenvalue weighted by Gasteiger charge is -2.38. The minimum absolute atomic E-state index is 0.131. The van der Waals surface area contributed by atoms with Gasteiger partial charge in [0.25, 0.3) is 0 Å². The van der Waals surface area contributed by atoms with Gasteiger partial charge in [-0.2, -0.15) is 13.2 Å². The van der Waals surface area contributed by atoms with E-state index in [4.69, 9.17) is 5.73 Å². The molecule has 0 aromatic heterocycles. The molecule has 7 heteroatoms. The first kappa shape index (κ1) is 12.3. The van der Waals surface area contributed by atoms with Crippen LogP contribution in [0, 0.1) is 0 Å². The van der Waals surface area contributed by atoms with Crippen LogP contribution in [0.4, 0.5) is 13.2 Å². The Kier molecular flexibility index (Phi) is 3.25. The Morgan fingerprint density at radius 1 is 1.60 bits per heavy atom. The zero-order valence-corrected chi connectivity index (χ0v) is 8.23. The Morgan fingerprint density at radius 3 is 2.60 bits per heavy atom. The number of hydrogen-bond acceptors (Lipinski definition) is 3. The summed E-state index contributed by atoms with van der Waals surface area (Å²) in [6.07, 6.45) is -6.70. The maximum absolute atomic E-state index is 12.4. The molecule has 1 aliphatic heterocycles. The number of ether oxygens (including phenoxy) is 1. The normalized spacial score (nSPS) is 32.7. The van der Waals surface area contributed by atoms with E-state index < -0.39 is 30.1 Å². The number of amides is 1. The van der Waals surface area contributed by atoms with Gasteiger partial charge in [-0.1, -0.05) is 0 Å². The van der Waals surface area contributed by atoms with Gasteiger partial charge in [-0.15, -0.1) is 0 Å². The molecular formula is C8H13F3N2O2. The molecule has 1 amide bonds. The van der Waals surface area contributed by atoms with Gasteiger partial charge in [0.05, 0.1) is 0 Å². The lowest BCUT2D eigenvalue weighted by atomic mass is 9.86. The zero-order chi connectivity index (χ0) is 11.7. The summed E-state index contributed by atoms with van der Waals surface area (Å²) in [7, 11) is 1.42. The van der Waals surface area contributed by atoms with Crippen molar-refractivity contribution in [2.24, 2.45) is 5.73 Å². The van der Waals surface area contributed by atoms with Crippen LogP contribution in [0.3, 0.4) is 0 Å². The molecule has 2 atom stereocenters. The average Bonchev–Trinajstić information content (AvgIpc) is 2.16. The van der Waals surface area contributed by atoms with Crippen molar-refractivity contribution >= 4 is 5.91 Å².